The molecule has 12 heteroatoms. The second kappa shape index (κ2) is 13.7. The number of hydrogen-bond donors (Lipinski definition) is 3. The Morgan fingerprint density at radius 3 is 2.40 bits per heavy atom. The van der Waals surface area contributed by atoms with Crippen molar-refractivity contribution >= 4 is 29.2 Å². The number of nitrogens with one attached hydrogen (secondary N) is 2. The van der Waals surface area contributed by atoms with E-state index < -0.39 is 29.9 Å². The van der Waals surface area contributed by atoms with Crippen molar-refractivity contribution in [3.8, 4) is 5.75 Å². The topological polar surface area (TPSA) is 111 Å². The average molecular weight is 605 g/mol. The van der Waals surface area contributed by atoms with Gasteiger partial charge in [0.1, 0.15) is 6.10 Å². The number of nitrogens with zero attached hydrogens (tertiary/aromatic N) is 2. The van der Waals surface area contributed by atoms with Gasteiger partial charge in [-0.15, -0.1) is 0 Å². The number of anilines is 2. The van der Waals surface area contributed by atoms with Gasteiger partial charge in [0.25, 0.3) is 5.91 Å². The van der Waals surface area contributed by atoms with Crippen molar-refractivity contribution < 1.29 is 37.4 Å². The van der Waals surface area contributed by atoms with Gasteiger partial charge in [0.05, 0.1) is 36.0 Å². The molecule has 0 bridgehead atoms. The monoisotopic (exact) mass is 604 g/mol. The molecule has 1 heterocycles. The van der Waals surface area contributed by atoms with Crippen LogP contribution in [0.1, 0.15) is 61.9 Å². The molecular formula is C31H39F3N4O5. The van der Waals surface area contributed by atoms with E-state index in [-0.39, 0.29) is 60.3 Å². The number of halogens is 3. The summed E-state index contributed by atoms with van der Waals surface area (Å²) in [5.41, 5.74) is -0.0376. The van der Waals surface area contributed by atoms with Crippen molar-refractivity contribution in [1.82, 2.24) is 9.80 Å². The lowest BCUT2D eigenvalue weighted by Crippen LogP contribution is -2.50. The third-order valence-corrected chi connectivity index (χ3v) is 8.19. The fourth-order valence-electron chi connectivity index (χ4n) is 5.47. The lowest BCUT2D eigenvalue weighted by atomic mass is 9.88. The molecule has 1 aliphatic heterocycles. The van der Waals surface area contributed by atoms with Crippen LogP contribution in [-0.2, 0) is 11.0 Å². The maximum atomic E-state index is 13.7. The quantitative estimate of drug-likeness (QED) is 0.381. The highest BCUT2D eigenvalue weighted by Crippen LogP contribution is 2.36. The predicted octanol–water partition coefficient (Wildman–Crippen LogP) is 5.61. The fraction of sp³-hybridized carbons (Fsp3) is 0.516. The van der Waals surface area contributed by atoms with Crippen molar-refractivity contribution in [2.24, 2.45) is 11.8 Å². The van der Waals surface area contributed by atoms with E-state index in [0.29, 0.717) is 5.69 Å². The zero-order valence-electron chi connectivity index (χ0n) is 24.6. The summed E-state index contributed by atoms with van der Waals surface area (Å²) < 4.78 is 45.2. The first kappa shape index (κ1) is 32.1. The minimum Gasteiger partial charge on any atom is -0.485 e. The van der Waals surface area contributed by atoms with Gasteiger partial charge in [-0.3, -0.25) is 9.59 Å². The number of hydrogen-bond acceptors (Lipinski definition) is 5. The Hall–Kier alpha value is -3.80. The number of fused-ring (bicyclic) bond motifs is 1. The van der Waals surface area contributed by atoms with Gasteiger partial charge in [0, 0.05) is 31.1 Å². The molecule has 1 saturated carbocycles. The van der Waals surface area contributed by atoms with Gasteiger partial charge in [-0.05, 0) is 56.2 Å². The summed E-state index contributed by atoms with van der Waals surface area (Å²) >= 11 is 0. The van der Waals surface area contributed by atoms with Crippen molar-refractivity contribution in [3.63, 3.8) is 0 Å². The molecule has 9 nitrogen and oxygen atoms in total. The van der Waals surface area contributed by atoms with Crippen molar-refractivity contribution in [3.05, 3.63) is 53.6 Å². The van der Waals surface area contributed by atoms with E-state index in [9.17, 15) is 32.7 Å². The predicted molar refractivity (Wildman–Crippen MR) is 156 cm³/mol. The maximum Gasteiger partial charge on any atom is 0.416 e. The first-order valence-corrected chi connectivity index (χ1v) is 14.6. The number of aliphatic hydroxyl groups is 1. The third-order valence-electron chi connectivity index (χ3n) is 8.19. The second-order valence-corrected chi connectivity index (χ2v) is 11.5. The fourth-order valence-corrected chi connectivity index (χ4v) is 5.47. The number of amides is 4. The molecule has 4 rings (SSSR count). The maximum absolute atomic E-state index is 13.7. The number of ether oxygens (including phenoxy) is 1. The summed E-state index contributed by atoms with van der Waals surface area (Å²) in [7, 11) is 1.53. The van der Waals surface area contributed by atoms with Gasteiger partial charge in [-0.2, -0.15) is 13.2 Å². The largest absolute Gasteiger partial charge is 0.485 e. The Morgan fingerprint density at radius 1 is 1.09 bits per heavy atom. The van der Waals surface area contributed by atoms with Crippen LogP contribution >= 0.6 is 0 Å². The van der Waals surface area contributed by atoms with E-state index in [1.807, 2.05) is 6.92 Å². The molecular weight excluding hydrogens is 565 g/mol. The van der Waals surface area contributed by atoms with Crippen LogP contribution < -0.4 is 15.4 Å². The molecule has 2 aromatic carbocycles. The van der Waals surface area contributed by atoms with Crippen LogP contribution in [0.2, 0.25) is 0 Å². The summed E-state index contributed by atoms with van der Waals surface area (Å²) in [6, 6.07) is 8.04. The van der Waals surface area contributed by atoms with E-state index in [1.54, 1.807) is 30.0 Å². The Bertz CT molecular complexity index is 1300. The van der Waals surface area contributed by atoms with Gasteiger partial charge >= 0.3 is 12.2 Å². The third kappa shape index (κ3) is 7.78. The van der Waals surface area contributed by atoms with Gasteiger partial charge in [0.2, 0.25) is 5.91 Å². The first-order valence-electron chi connectivity index (χ1n) is 14.6. The standard InChI is InChI=1S/C31H39F3N4O5/c1-19-16-38(20(2)18-39)29(41)24-10-7-11-25(36-28(40)21-8-5-4-6-9-21)27(24)43-26(19)17-37(3)30(42)35-23-14-12-22(13-15-23)31(32,33)34/h7,10-15,19-21,26,39H,4-6,8-9,16-18H2,1-3H3,(H,35,42)(H,36,40)/t19-,20+,26-/m1/s1. The molecule has 3 N–H and O–H groups in total. The molecule has 0 aromatic heterocycles. The molecule has 0 radical (unpaired) electrons. The number of para-hydroxylation sites is 1. The minimum atomic E-state index is -4.49. The van der Waals surface area contributed by atoms with Crippen molar-refractivity contribution in [2.75, 3.05) is 37.4 Å². The highest BCUT2D eigenvalue weighted by molar-refractivity contribution is 6.02. The summed E-state index contributed by atoms with van der Waals surface area (Å²) in [4.78, 5) is 42.8. The Balaban J connectivity index is 1.58. The van der Waals surface area contributed by atoms with Gasteiger partial charge in [-0.25, -0.2) is 4.79 Å². The molecule has 2 aromatic rings. The Morgan fingerprint density at radius 2 is 1.77 bits per heavy atom. The molecule has 2 aliphatic rings. The number of likely N-dealkylation sites (N-methyl/N-ethyl adjacent to an activating group) is 1. The first-order chi connectivity index (χ1) is 20.4. The van der Waals surface area contributed by atoms with Gasteiger partial charge in [0.15, 0.2) is 5.75 Å². The van der Waals surface area contributed by atoms with Crippen LogP contribution in [-0.4, -0.2) is 71.6 Å². The van der Waals surface area contributed by atoms with Crippen LogP contribution in [0.3, 0.4) is 0 Å². The van der Waals surface area contributed by atoms with E-state index in [4.69, 9.17) is 4.74 Å². The molecule has 1 fully saturated rings. The van der Waals surface area contributed by atoms with Crippen LogP contribution in [0, 0.1) is 11.8 Å². The lowest BCUT2D eigenvalue weighted by molar-refractivity contribution is -0.137. The molecule has 1 aliphatic carbocycles. The molecule has 43 heavy (non-hydrogen) atoms. The number of carbonyl (C=O) groups is 3. The number of alkyl halides is 3. The number of carbonyl (C=O) groups excluding carboxylic acids is 3. The van der Waals surface area contributed by atoms with Crippen molar-refractivity contribution in [2.45, 2.75) is 64.3 Å². The second-order valence-electron chi connectivity index (χ2n) is 11.5. The highest BCUT2D eigenvalue weighted by Gasteiger charge is 2.36. The van der Waals surface area contributed by atoms with Crippen LogP contribution in [0.5, 0.6) is 5.75 Å². The van der Waals surface area contributed by atoms with Gasteiger partial charge in [-0.1, -0.05) is 32.3 Å². The number of benzene rings is 2. The van der Waals surface area contributed by atoms with Gasteiger partial charge < -0.3 is 30.3 Å². The minimum absolute atomic E-state index is 0.0630. The lowest BCUT2D eigenvalue weighted by Gasteiger charge is -2.38. The van der Waals surface area contributed by atoms with Crippen LogP contribution in [0.25, 0.3) is 0 Å². The zero-order valence-corrected chi connectivity index (χ0v) is 24.6. The zero-order chi connectivity index (χ0) is 31.3. The number of urea groups is 1. The summed E-state index contributed by atoms with van der Waals surface area (Å²) in [5.74, 6) is -0.725. The van der Waals surface area contributed by atoms with E-state index in [2.05, 4.69) is 10.6 Å². The number of rotatable bonds is 7. The summed E-state index contributed by atoms with van der Waals surface area (Å²) in [5, 5.41) is 15.5. The Kier molecular flexibility index (Phi) is 10.2. The summed E-state index contributed by atoms with van der Waals surface area (Å²) in [6.07, 6.45) is -0.485. The highest BCUT2D eigenvalue weighted by atomic mass is 19.4. The average Bonchev–Trinajstić information content (AvgIpc) is 2.99. The molecule has 234 valence electrons. The molecule has 0 unspecified atom stereocenters. The van der Waals surface area contributed by atoms with Crippen molar-refractivity contribution in [1.29, 1.82) is 0 Å². The number of aliphatic hydroxyl groups excluding tert-OH is 1. The van der Waals surface area contributed by atoms with E-state index >= 15 is 0 Å². The summed E-state index contributed by atoms with van der Waals surface area (Å²) in [6.45, 7) is 3.64. The SMILES string of the molecule is C[C@@H]1CN([C@@H](C)CO)C(=O)c2cccc(NC(=O)C3CCCCC3)c2O[C@@H]1CN(C)C(=O)Nc1ccc(C(F)(F)F)cc1. The molecule has 4 amide bonds. The normalized spacial score (nSPS) is 20.3. The smallest absolute Gasteiger partial charge is 0.416 e. The van der Waals surface area contributed by atoms with E-state index in [1.165, 1.54) is 24.1 Å². The van der Waals surface area contributed by atoms with Crippen LogP contribution in [0.15, 0.2) is 42.5 Å². The van der Waals surface area contributed by atoms with E-state index in [0.717, 1.165) is 44.2 Å². The molecule has 0 spiro atoms. The van der Waals surface area contributed by atoms with Crippen LogP contribution in [0.4, 0.5) is 29.3 Å². The Labute approximate surface area is 249 Å². The molecule has 0 saturated heterocycles. The molecule has 3 atom stereocenters.